The maximum absolute atomic E-state index is 11.8. The Kier molecular flexibility index (Phi) is 3.05. The first-order chi connectivity index (χ1) is 11.3. The first-order valence-electron chi connectivity index (χ1n) is 7.20. The number of fused-ring (bicyclic) bond motifs is 3. The fourth-order valence-corrected chi connectivity index (χ4v) is 2.66. The molecule has 0 atom stereocenters. The van der Waals surface area contributed by atoms with Gasteiger partial charge in [-0.25, -0.2) is 14.3 Å². The molecule has 0 saturated carbocycles. The standard InChI is InChI=1S/C18H13N3O2/c1-23-18(22)15-11-16-13-9-5-6-10-14(13)19-17(21(16)20-15)12-7-3-2-4-8-12/h2-11H,1H3. The van der Waals surface area contributed by atoms with Gasteiger partial charge in [0.05, 0.1) is 18.1 Å². The maximum atomic E-state index is 11.8. The van der Waals surface area contributed by atoms with Crippen molar-refractivity contribution in [3.05, 3.63) is 66.4 Å². The van der Waals surface area contributed by atoms with Gasteiger partial charge in [0.2, 0.25) is 0 Å². The molecule has 0 aliphatic heterocycles. The zero-order valence-electron chi connectivity index (χ0n) is 12.4. The molecular formula is C18H13N3O2. The van der Waals surface area contributed by atoms with E-state index in [9.17, 15) is 4.79 Å². The summed E-state index contributed by atoms with van der Waals surface area (Å²) >= 11 is 0. The molecule has 0 aliphatic carbocycles. The second-order valence-corrected chi connectivity index (χ2v) is 5.14. The van der Waals surface area contributed by atoms with Gasteiger partial charge in [0.25, 0.3) is 0 Å². The van der Waals surface area contributed by atoms with Gasteiger partial charge in [0.15, 0.2) is 11.5 Å². The van der Waals surface area contributed by atoms with E-state index in [0.717, 1.165) is 22.0 Å². The second-order valence-electron chi connectivity index (χ2n) is 5.14. The summed E-state index contributed by atoms with van der Waals surface area (Å²) in [5.41, 5.74) is 2.88. The van der Waals surface area contributed by atoms with E-state index in [1.807, 2.05) is 54.6 Å². The molecule has 0 N–H and O–H groups in total. The minimum atomic E-state index is -0.461. The van der Waals surface area contributed by atoms with Crippen molar-refractivity contribution in [3.8, 4) is 11.4 Å². The number of para-hydroxylation sites is 1. The third-order valence-corrected chi connectivity index (χ3v) is 3.74. The molecule has 0 bridgehead atoms. The number of carbonyl (C=O) groups is 1. The van der Waals surface area contributed by atoms with E-state index in [4.69, 9.17) is 9.72 Å². The predicted octanol–water partition coefficient (Wildman–Crippen LogP) is 3.34. The van der Waals surface area contributed by atoms with E-state index in [1.54, 1.807) is 10.6 Å². The van der Waals surface area contributed by atoms with Gasteiger partial charge in [-0.2, -0.15) is 5.10 Å². The van der Waals surface area contributed by atoms with Crippen LogP contribution in [-0.4, -0.2) is 27.7 Å². The normalized spacial score (nSPS) is 11.0. The maximum Gasteiger partial charge on any atom is 0.358 e. The van der Waals surface area contributed by atoms with Crippen LogP contribution >= 0.6 is 0 Å². The zero-order valence-corrected chi connectivity index (χ0v) is 12.4. The van der Waals surface area contributed by atoms with Crippen molar-refractivity contribution in [1.29, 1.82) is 0 Å². The highest BCUT2D eigenvalue weighted by atomic mass is 16.5. The molecule has 2 heterocycles. The zero-order chi connectivity index (χ0) is 15.8. The topological polar surface area (TPSA) is 56.5 Å². The summed E-state index contributed by atoms with van der Waals surface area (Å²) in [6.45, 7) is 0. The number of nitrogens with zero attached hydrogens (tertiary/aromatic N) is 3. The fourth-order valence-electron chi connectivity index (χ4n) is 2.66. The molecule has 0 saturated heterocycles. The number of ether oxygens (including phenoxy) is 1. The van der Waals surface area contributed by atoms with Gasteiger partial charge in [-0.1, -0.05) is 48.5 Å². The molecule has 0 radical (unpaired) electrons. The van der Waals surface area contributed by atoms with Crippen LogP contribution in [-0.2, 0) is 4.74 Å². The quantitative estimate of drug-likeness (QED) is 0.533. The highest BCUT2D eigenvalue weighted by Gasteiger charge is 2.16. The van der Waals surface area contributed by atoms with Crippen LogP contribution in [0.4, 0.5) is 0 Å². The van der Waals surface area contributed by atoms with Crippen LogP contribution < -0.4 is 0 Å². The van der Waals surface area contributed by atoms with Crippen LogP contribution in [0, 0.1) is 0 Å². The number of methoxy groups -OCH3 is 1. The lowest BCUT2D eigenvalue weighted by Gasteiger charge is -2.07. The highest BCUT2D eigenvalue weighted by molar-refractivity contribution is 5.98. The predicted molar refractivity (Wildman–Crippen MR) is 87.3 cm³/mol. The molecule has 0 unspecified atom stereocenters. The molecule has 2 aromatic heterocycles. The number of esters is 1. The molecule has 23 heavy (non-hydrogen) atoms. The lowest BCUT2D eigenvalue weighted by atomic mass is 10.1. The van der Waals surface area contributed by atoms with Crippen LogP contribution in [0.15, 0.2) is 60.7 Å². The molecule has 2 aromatic carbocycles. The van der Waals surface area contributed by atoms with Crippen molar-refractivity contribution in [1.82, 2.24) is 14.6 Å². The average molecular weight is 303 g/mol. The van der Waals surface area contributed by atoms with Gasteiger partial charge in [-0.3, -0.25) is 0 Å². The van der Waals surface area contributed by atoms with Crippen molar-refractivity contribution in [2.45, 2.75) is 0 Å². The summed E-state index contributed by atoms with van der Waals surface area (Å²) in [5.74, 6) is 0.228. The lowest BCUT2D eigenvalue weighted by molar-refractivity contribution is 0.0593. The van der Waals surface area contributed by atoms with E-state index >= 15 is 0 Å². The number of benzene rings is 2. The molecule has 0 spiro atoms. The highest BCUT2D eigenvalue weighted by Crippen LogP contribution is 2.26. The van der Waals surface area contributed by atoms with Crippen molar-refractivity contribution in [2.24, 2.45) is 0 Å². The summed E-state index contributed by atoms with van der Waals surface area (Å²) in [4.78, 5) is 16.6. The molecule has 0 aliphatic rings. The van der Waals surface area contributed by atoms with Gasteiger partial charge in [-0.05, 0) is 12.1 Å². The van der Waals surface area contributed by atoms with Gasteiger partial charge in [0, 0.05) is 10.9 Å². The largest absolute Gasteiger partial charge is 0.464 e. The number of hydrogen-bond acceptors (Lipinski definition) is 4. The molecule has 0 amide bonds. The fraction of sp³-hybridized carbons (Fsp3) is 0.0556. The van der Waals surface area contributed by atoms with E-state index in [1.165, 1.54) is 7.11 Å². The van der Waals surface area contributed by atoms with E-state index in [-0.39, 0.29) is 5.69 Å². The second kappa shape index (κ2) is 5.21. The SMILES string of the molecule is COC(=O)c1cc2c3ccccc3nc(-c3ccccc3)n2n1. The van der Waals surface area contributed by atoms with Crippen LogP contribution in [0.1, 0.15) is 10.5 Å². The van der Waals surface area contributed by atoms with E-state index in [2.05, 4.69) is 5.10 Å². The van der Waals surface area contributed by atoms with Crippen LogP contribution in [0.5, 0.6) is 0 Å². The van der Waals surface area contributed by atoms with Crippen molar-refractivity contribution in [3.63, 3.8) is 0 Å². The number of aromatic nitrogens is 3. The Bertz CT molecular complexity index is 1020. The third kappa shape index (κ3) is 2.14. The Hall–Kier alpha value is -3.21. The first-order valence-corrected chi connectivity index (χ1v) is 7.20. The smallest absolute Gasteiger partial charge is 0.358 e. The Morgan fingerprint density at radius 3 is 2.57 bits per heavy atom. The Labute approximate surface area is 132 Å². The average Bonchev–Trinajstić information content (AvgIpc) is 3.06. The number of hydrogen-bond donors (Lipinski definition) is 0. The minimum absolute atomic E-state index is 0.267. The first kappa shape index (κ1) is 13.5. The minimum Gasteiger partial charge on any atom is -0.464 e. The third-order valence-electron chi connectivity index (χ3n) is 3.74. The van der Waals surface area contributed by atoms with Gasteiger partial charge in [-0.15, -0.1) is 0 Å². The summed E-state index contributed by atoms with van der Waals surface area (Å²) in [5, 5.41) is 5.33. The van der Waals surface area contributed by atoms with Gasteiger partial charge >= 0.3 is 5.97 Å². The number of carbonyl (C=O) groups excluding carboxylic acids is 1. The Balaban J connectivity index is 2.11. The molecule has 112 valence electrons. The molecular weight excluding hydrogens is 290 g/mol. The summed E-state index contributed by atoms with van der Waals surface area (Å²) in [6.07, 6.45) is 0. The van der Waals surface area contributed by atoms with E-state index < -0.39 is 5.97 Å². The summed E-state index contributed by atoms with van der Waals surface area (Å²) in [7, 11) is 1.35. The summed E-state index contributed by atoms with van der Waals surface area (Å²) < 4.78 is 6.49. The van der Waals surface area contributed by atoms with Crippen molar-refractivity contribution in [2.75, 3.05) is 7.11 Å². The number of rotatable bonds is 2. The Morgan fingerprint density at radius 1 is 1.04 bits per heavy atom. The van der Waals surface area contributed by atoms with Gasteiger partial charge in [0.1, 0.15) is 0 Å². The lowest BCUT2D eigenvalue weighted by Crippen LogP contribution is -2.03. The molecule has 4 rings (SSSR count). The van der Waals surface area contributed by atoms with Crippen molar-refractivity contribution >= 4 is 22.4 Å². The molecule has 4 aromatic rings. The summed E-state index contributed by atoms with van der Waals surface area (Å²) in [6, 6.07) is 19.3. The van der Waals surface area contributed by atoms with E-state index in [0.29, 0.717) is 5.82 Å². The molecule has 5 heteroatoms. The van der Waals surface area contributed by atoms with Crippen molar-refractivity contribution < 1.29 is 9.53 Å². The van der Waals surface area contributed by atoms with Crippen LogP contribution in [0.25, 0.3) is 27.8 Å². The molecule has 5 nitrogen and oxygen atoms in total. The Morgan fingerprint density at radius 2 is 1.78 bits per heavy atom. The van der Waals surface area contributed by atoms with Crippen LogP contribution in [0.3, 0.4) is 0 Å². The van der Waals surface area contributed by atoms with Crippen LogP contribution in [0.2, 0.25) is 0 Å². The monoisotopic (exact) mass is 303 g/mol. The molecule has 0 fully saturated rings. The van der Waals surface area contributed by atoms with Gasteiger partial charge < -0.3 is 4.74 Å².